The predicted octanol–water partition coefficient (Wildman–Crippen LogP) is 1.81. The summed E-state index contributed by atoms with van der Waals surface area (Å²) in [6.07, 6.45) is 0. The zero-order valence-electron chi connectivity index (χ0n) is 15.1. The number of likely N-dealkylation sites (N-methyl/N-ethyl adjacent to an activating group) is 1. The molecule has 0 spiro atoms. The molecule has 0 bridgehead atoms. The topological polar surface area (TPSA) is 87.3 Å². The van der Waals surface area contributed by atoms with E-state index in [1.165, 1.54) is 6.07 Å². The maximum atomic E-state index is 12.6. The standard InChI is InChI=1S/C19H25N3O3S/c1-3-20-11-12-21-19(23)17-10-9-15(2)18(13-17)26(24,25)22-14-16-7-5-4-6-8-16/h4-10,13,20,22H,3,11-12,14H2,1-2H3,(H,21,23). The van der Waals surface area contributed by atoms with Crippen LogP contribution in [0.5, 0.6) is 0 Å². The van der Waals surface area contributed by atoms with Gasteiger partial charge >= 0.3 is 0 Å². The van der Waals surface area contributed by atoms with Crippen molar-refractivity contribution in [2.75, 3.05) is 19.6 Å². The van der Waals surface area contributed by atoms with Crippen molar-refractivity contribution in [3.05, 3.63) is 65.2 Å². The molecule has 3 N–H and O–H groups in total. The Bertz CT molecular complexity index is 836. The van der Waals surface area contributed by atoms with Crippen molar-refractivity contribution in [1.29, 1.82) is 0 Å². The van der Waals surface area contributed by atoms with Crippen molar-refractivity contribution in [3.8, 4) is 0 Å². The van der Waals surface area contributed by atoms with Crippen LogP contribution in [0.4, 0.5) is 0 Å². The van der Waals surface area contributed by atoms with Crippen molar-refractivity contribution < 1.29 is 13.2 Å². The molecule has 0 radical (unpaired) electrons. The lowest BCUT2D eigenvalue weighted by molar-refractivity contribution is 0.0953. The van der Waals surface area contributed by atoms with E-state index < -0.39 is 10.0 Å². The number of hydrogen-bond donors (Lipinski definition) is 3. The molecule has 2 aromatic carbocycles. The second-order valence-corrected chi connectivity index (χ2v) is 7.64. The van der Waals surface area contributed by atoms with Crippen molar-refractivity contribution in [1.82, 2.24) is 15.4 Å². The van der Waals surface area contributed by atoms with E-state index in [2.05, 4.69) is 15.4 Å². The van der Waals surface area contributed by atoms with Crippen LogP contribution in [0.3, 0.4) is 0 Å². The summed E-state index contributed by atoms with van der Waals surface area (Å²) in [4.78, 5) is 12.3. The minimum Gasteiger partial charge on any atom is -0.351 e. The maximum absolute atomic E-state index is 12.6. The van der Waals surface area contributed by atoms with Gasteiger partial charge in [0.25, 0.3) is 5.91 Å². The van der Waals surface area contributed by atoms with Crippen LogP contribution in [0.25, 0.3) is 0 Å². The Kier molecular flexibility index (Phi) is 7.32. The molecular weight excluding hydrogens is 350 g/mol. The molecule has 7 heteroatoms. The van der Waals surface area contributed by atoms with E-state index in [-0.39, 0.29) is 17.3 Å². The van der Waals surface area contributed by atoms with Crippen LogP contribution in [-0.4, -0.2) is 34.0 Å². The second kappa shape index (κ2) is 9.47. The Morgan fingerprint density at radius 3 is 2.46 bits per heavy atom. The Hall–Kier alpha value is -2.22. The summed E-state index contributed by atoms with van der Waals surface area (Å²) in [5.74, 6) is -0.289. The van der Waals surface area contributed by atoms with Gasteiger partial charge in [0.2, 0.25) is 10.0 Å². The van der Waals surface area contributed by atoms with E-state index in [1.54, 1.807) is 19.1 Å². The fourth-order valence-corrected chi connectivity index (χ4v) is 3.71. The molecule has 0 unspecified atom stereocenters. The van der Waals surface area contributed by atoms with Crippen molar-refractivity contribution >= 4 is 15.9 Å². The Balaban J connectivity index is 2.11. The molecule has 2 aromatic rings. The van der Waals surface area contributed by atoms with Gasteiger partial charge in [-0.05, 0) is 36.7 Å². The molecular formula is C19H25N3O3S. The highest BCUT2D eigenvalue weighted by molar-refractivity contribution is 7.89. The van der Waals surface area contributed by atoms with Gasteiger partial charge in [-0.15, -0.1) is 0 Å². The number of benzene rings is 2. The van der Waals surface area contributed by atoms with Crippen molar-refractivity contribution in [2.24, 2.45) is 0 Å². The smallest absolute Gasteiger partial charge is 0.251 e. The lowest BCUT2D eigenvalue weighted by atomic mass is 10.1. The van der Waals surface area contributed by atoms with E-state index in [9.17, 15) is 13.2 Å². The number of nitrogens with one attached hydrogen (secondary N) is 3. The number of carbonyl (C=O) groups is 1. The molecule has 0 aliphatic rings. The highest BCUT2D eigenvalue weighted by atomic mass is 32.2. The molecule has 26 heavy (non-hydrogen) atoms. The summed E-state index contributed by atoms with van der Waals surface area (Å²) in [6, 6.07) is 14.0. The second-order valence-electron chi connectivity index (χ2n) is 5.90. The van der Waals surface area contributed by atoms with Gasteiger partial charge in [-0.3, -0.25) is 4.79 Å². The highest BCUT2D eigenvalue weighted by Crippen LogP contribution is 2.17. The quantitative estimate of drug-likeness (QED) is 0.584. The van der Waals surface area contributed by atoms with Gasteiger partial charge in [0.05, 0.1) is 4.90 Å². The van der Waals surface area contributed by atoms with E-state index >= 15 is 0 Å². The first-order chi connectivity index (χ1) is 12.4. The zero-order valence-corrected chi connectivity index (χ0v) is 15.9. The van der Waals surface area contributed by atoms with Crippen molar-refractivity contribution in [2.45, 2.75) is 25.3 Å². The van der Waals surface area contributed by atoms with E-state index in [0.717, 1.165) is 12.1 Å². The molecule has 0 saturated heterocycles. The van der Waals surface area contributed by atoms with Gasteiger partial charge in [-0.25, -0.2) is 13.1 Å². The van der Waals surface area contributed by atoms with Crippen molar-refractivity contribution in [3.63, 3.8) is 0 Å². The molecule has 0 atom stereocenters. The van der Waals surface area contributed by atoms with Crippen LogP contribution in [0.2, 0.25) is 0 Å². The van der Waals surface area contributed by atoms with Crippen LogP contribution >= 0.6 is 0 Å². The van der Waals surface area contributed by atoms with E-state index in [4.69, 9.17) is 0 Å². The molecule has 0 aliphatic carbocycles. The van der Waals surface area contributed by atoms with Gasteiger partial charge in [-0.1, -0.05) is 43.3 Å². The Labute approximate surface area is 155 Å². The number of sulfonamides is 1. The predicted molar refractivity (Wildman–Crippen MR) is 103 cm³/mol. The third-order valence-electron chi connectivity index (χ3n) is 3.89. The summed E-state index contributed by atoms with van der Waals surface area (Å²) in [5.41, 5.74) is 1.79. The molecule has 1 amide bonds. The highest BCUT2D eigenvalue weighted by Gasteiger charge is 2.19. The third kappa shape index (κ3) is 5.66. The average Bonchev–Trinajstić information content (AvgIpc) is 2.64. The number of aryl methyl sites for hydroxylation is 1. The number of amides is 1. The van der Waals surface area contributed by atoms with Crippen LogP contribution in [0, 0.1) is 6.92 Å². The SMILES string of the molecule is CCNCCNC(=O)c1ccc(C)c(S(=O)(=O)NCc2ccccc2)c1. The molecule has 0 fully saturated rings. The Morgan fingerprint density at radius 1 is 1.04 bits per heavy atom. The van der Waals surface area contributed by atoms with Gasteiger partial charge in [0, 0.05) is 25.2 Å². The summed E-state index contributed by atoms with van der Waals surface area (Å²) >= 11 is 0. The lowest BCUT2D eigenvalue weighted by Gasteiger charge is -2.12. The molecule has 0 heterocycles. The van der Waals surface area contributed by atoms with Crippen LogP contribution in [0.1, 0.15) is 28.4 Å². The molecule has 0 aromatic heterocycles. The number of carbonyl (C=O) groups excluding carboxylic acids is 1. The fraction of sp³-hybridized carbons (Fsp3) is 0.316. The van der Waals surface area contributed by atoms with Gasteiger partial charge < -0.3 is 10.6 Å². The summed E-state index contributed by atoms with van der Waals surface area (Å²) in [6.45, 7) is 5.87. The summed E-state index contributed by atoms with van der Waals surface area (Å²) in [7, 11) is -3.72. The average molecular weight is 375 g/mol. The lowest BCUT2D eigenvalue weighted by Crippen LogP contribution is -2.32. The van der Waals surface area contributed by atoms with Crippen LogP contribution in [0.15, 0.2) is 53.4 Å². The van der Waals surface area contributed by atoms with Crippen LogP contribution < -0.4 is 15.4 Å². The number of rotatable bonds is 9. The first kappa shape index (κ1) is 20.1. The molecule has 2 rings (SSSR count). The molecule has 0 aliphatic heterocycles. The van der Waals surface area contributed by atoms with Gasteiger partial charge in [0.1, 0.15) is 0 Å². The van der Waals surface area contributed by atoms with Gasteiger partial charge in [-0.2, -0.15) is 0 Å². The van der Waals surface area contributed by atoms with Crippen LogP contribution in [-0.2, 0) is 16.6 Å². The molecule has 6 nitrogen and oxygen atoms in total. The minimum absolute atomic E-state index is 0.118. The molecule has 0 saturated carbocycles. The largest absolute Gasteiger partial charge is 0.351 e. The molecule has 140 valence electrons. The summed E-state index contributed by atoms with van der Waals surface area (Å²) < 4.78 is 27.9. The fourth-order valence-electron chi connectivity index (χ4n) is 2.43. The van der Waals surface area contributed by atoms with E-state index in [0.29, 0.717) is 24.2 Å². The first-order valence-corrected chi connectivity index (χ1v) is 10.1. The maximum Gasteiger partial charge on any atom is 0.251 e. The van der Waals surface area contributed by atoms with Gasteiger partial charge in [0.15, 0.2) is 0 Å². The zero-order chi connectivity index (χ0) is 19.0. The summed E-state index contributed by atoms with van der Waals surface area (Å²) in [5, 5.41) is 5.88. The Morgan fingerprint density at radius 2 is 1.77 bits per heavy atom. The van der Waals surface area contributed by atoms with E-state index in [1.807, 2.05) is 37.3 Å². The third-order valence-corrected chi connectivity index (χ3v) is 5.43. The number of hydrogen-bond acceptors (Lipinski definition) is 4. The normalized spacial score (nSPS) is 11.3. The monoisotopic (exact) mass is 375 g/mol. The first-order valence-electron chi connectivity index (χ1n) is 8.57. The minimum atomic E-state index is -3.72.